The minimum absolute atomic E-state index is 0.544. The van der Waals surface area contributed by atoms with Gasteiger partial charge in [-0.1, -0.05) is 30.3 Å². The van der Waals surface area contributed by atoms with Crippen LogP contribution in [0.3, 0.4) is 0 Å². The Morgan fingerprint density at radius 3 is 2.11 bits per heavy atom. The van der Waals surface area contributed by atoms with Crippen LogP contribution in [-0.2, 0) is 6.18 Å². The normalized spacial score (nSPS) is 17.6. The highest BCUT2D eigenvalue weighted by molar-refractivity contribution is 7.99. The summed E-state index contributed by atoms with van der Waals surface area (Å²) in [6.07, 6.45) is -3.45. The molecule has 152 valence electrons. The van der Waals surface area contributed by atoms with Crippen molar-refractivity contribution >= 4 is 29.3 Å². The molecule has 3 heterocycles. The number of nitrogens with zero attached hydrogens (tertiary/aromatic N) is 2. The highest BCUT2D eigenvalue weighted by Crippen LogP contribution is 2.36. The number of rotatable bonds is 2. The van der Waals surface area contributed by atoms with Gasteiger partial charge in [0.15, 0.2) is 0 Å². The fraction of sp³-hybridized carbons (Fsp3) is 0.450. The van der Waals surface area contributed by atoms with Crippen LogP contribution in [0.2, 0.25) is 0 Å². The van der Waals surface area contributed by atoms with Crippen molar-refractivity contribution in [1.29, 1.82) is 0 Å². The maximum Gasteiger partial charge on any atom is 0.417 e. The van der Waals surface area contributed by atoms with E-state index >= 15 is 0 Å². The largest absolute Gasteiger partial charge is 0.417 e. The van der Waals surface area contributed by atoms with Crippen molar-refractivity contribution in [1.82, 2.24) is 10.3 Å². The third kappa shape index (κ3) is 6.06. The van der Waals surface area contributed by atoms with Crippen LogP contribution in [0.25, 0.3) is 11.1 Å². The van der Waals surface area contributed by atoms with E-state index in [9.17, 15) is 13.2 Å². The van der Waals surface area contributed by atoms with Gasteiger partial charge in [-0.15, -0.1) is 0 Å². The summed E-state index contributed by atoms with van der Waals surface area (Å²) in [5.41, 5.74) is 0.595. The minimum atomic E-state index is -4.38. The Hall–Kier alpha value is -1.38. The number of hydrogen-bond acceptors (Lipinski definition) is 5. The van der Waals surface area contributed by atoms with Gasteiger partial charge in [0, 0.05) is 61.0 Å². The van der Waals surface area contributed by atoms with E-state index in [2.05, 4.69) is 15.2 Å². The smallest absolute Gasteiger partial charge is 0.354 e. The summed E-state index contributed by atoms with van der Waals surface area (Å²) in [4.78, 5) is 6.21. The fourth-order valence-corrected chi connectivity index (χ4v) is 4.67. The van der Waals surface area contributed by atoms with Gasteiger partial charge >= 0.3 is 6.18 Å². The molecule has 2 aliphatic rings. The zero-order valence-electron chi connectivity index (χ0n) is 15.5. The molecule has 4 rings (SSSR count). The Kier molecular flexibility index (Phi) is 7.93. The van der Waals surface area contributed by atoms with Gasteiger partial charge in [0.2, 0.25) is 0 Å². The molecule has 2 saturated heterocycles. The number of benzene rings is 1. The van der Waals surface area contributed by atoms with Crippen LogP contribution < -0.4 is 10.2 Å². The number of thioether (sulfide) groups is 2. The summed E-state index contributed by atoms with van der Waals surface area (Å²) < 4.78 is 39.0. The van der Waals surface area contributed by atoms with Crippen molar-refractivity contribution < 1.29 is 13.2 Å². The number of nitrogens with one attached hydrogen (secondary N) is 1. The molecule has 0 bridgehead atoms. The molecule has 28 heavy (non-hydrogen) atoms. The summed E-state index contributed by atoms with van der Waals surface area (Å²) in [5.74, 6) is 5.19. The van der Waals surface area contributed by atoms with Gasteiger partial charge in [0.05, 0.1) is 5.56 Å². The Balaban J connectivity index is 0.000000320. The second-order valence-electron chi connectivity index (χ2n) is 6.42. The van der Waals surface area contributed by atoms with Crippen LogP contribution in [0.1, 0.15) is 5.56 Å². The summed E-state index contributed by atoms with van der Waals surface area (Å²) in [6, 6.07) is 10.3. The second kappa shape index (κ2) is 10.4. The molecule has 1 aromatic heterocycles. The number of alkyl halides is 3. The SMILES string of the molecule is C1CSCCN1.FC(F)(F)c1cnc(N2CCSCC2)c(-c2ccccc2)c1. The predicted molar refractivity (Wildman–Crippen MR) is 114 cm³/mol. The lowest BCUT2D eigenvalue weighted by Crippen LogP contribution is -2.33. The fourth-order valence-electron chi connectivity index (χ4n) is 2.99. The first-order valence-electron chi connectivity index (χ1n) is 9.29. The Labute approximate surface area is 172 Å². The van der Waals surface area contributed by atoms with Crippen molar-refractivity contribution in [2.45, 2.75) is 6.18 Å². The molecule has 2 aliphatic heterocycles. The number of pyridine rings is 1. The van der Waals surface area contributed by atoms with E-state index in [1.165, 1.54) is 30.7 Å². The molecule has 0 unspecified atom stereocenters. The third-order valence-corrected chi connectivity index (χ3v) is 6.36. The van der Waals surface area contributed by atoms with Crippen LogP contribution in [0.15, 0.2) is 42.6 Å². The lowest BCUT2D eigenvalue weighted by atomic mass is 10.0. The van der Waals surface area contributed by atoms with Crippen molar-refractivity contribution in [2.24, 2.45) is 0 Å². The number of anilines is 1. The van der Waals surface area contributed by atoms with Crippen molar-refractivity contribution in [2.75, 3.05) is 54.1 Å². The number of hydrogen-bond donors (Lipinski definition) is 1. The molecule has 1 N–H and O–H groups in total. The number of halogens is 3. The van der Waals surface area contributed by atoms with Gasteiger partial charge in [-0.2, -0.15) is 36.7 Å². The van der Waals surface area contributed by atoms with E-state index in [1.807, 2.05) is 53.9 Å². The first kappa shape index (κ1) is 21.3. The summed E-state index contributed by atoms with van der Waals surface area (Å²) >= 11 is 3.89. The van der Waals surface area contributed by atoms with Gasteiger partial charge in [-0.25, -0.2) is 4.98 Å². The minimum Gasteiger partial charge on any atom is -0.354 e. The van der Waals surface area contributed by atoms with E-state index in [1.54, 1.807) is 0 Å². The van der Waals surface area contributed by atoms with Crippen molar-refractivity contribution in [3.8, 4) is 11.1 Å². The summed E-state index contributed by atoms with van der Waals surface area (Å²) in [7, 11) is 0. The van der Waals surface area contributed by atoms with Gasteiger partial charge in [-0.3, -0.25) is 0 Å². The Bertz CT molecular complexity index is 720. The molecule has 8 heteroatoms. The molecule has 0 aliphatic carbocycles. The average molecular weight is 428 g/mol. The molecule has 0 spiro atoms. The maximum atomic E-state index is 13.0. The van der Waals surface area contributed by atoms with E-state index in [0.717, 1.165) is 36.4 Å². The van der Waals surface area contributed by atoms with Crippen LogP contribution in [0, 0.1) is 0 Å². The second-order valence-corrected chi connectivity index (χ2v) is 8.87. The quantitative estimate of drug-likeness (QED) is 0.754. The maximum absolute atomic E-state index is 13.0. The Morgan fingerprint density at radius 2 is 1.57 bits per heavy atom. The molecule has 2 fully saturated rings. The molecular weight excluding hydrogens is 403 g/mol. The topological polar surface area (TPSA) is 28.2 Å². The lowest BCUT2D eigenvalue weighted by Gasteiger charge is -2.29. The number of aromatic nitrogens is 1. The zero-order valence-corrected chi connectivity index (χ0v) is 17.2. The first-order chi connectivity index (χ1) is 13.6. The molecular formula is C20H24F3N3S2. The zero-order chi connectivity index (χ0) is 19.8. The molecule has 0 saturated carbocycles. The van der Waals surface area contributed by atoms with E-state index in [4.69, 9.17) is 0 Å². The molecule has 0 radical (unpaired) electrons. The van der Waals surface area contributed by atoms with Gasteiger partial charge in [0.25, 0.3) is 0 Å². The molecule has 3 nitrogen and oxygen atoms in total. The third-order valence-electron chi connectivity index (χ3n) is 4.44. The van der Waals surface area contributed by atoms with Crippen LogP contribution >= 0.6 is 23.5 Å². The van der Waals surface area contributed by atoms with Crippen molar-refractivity contribution in [3.05, 3.63) is 48.2 Å². The van der Waals surface area contributed by atoms with Gasteiger partial charge in [0.1, 0.15) is 5.82 Å². The summed E-state index contributed by atoms with van der Waals surface area (Å²) in [6.45, 7) is 4.04. The van der Waals surface area contributed by atoms with Gasteiger partial charge in [-0.05, 0) is 11.6 Å². The van der Waals surface area contributed by atoms with Crippen molar-refractivity contribution in [3.63, 3.8) is 0 Å². The first-order valence-corrected chi connectivity index (χ1v) is 11.6. The van der Waals surface area contributed by atoms with E-state index in [0.29, 0.717) is 11.4 Å². The Morgan fingerprint density at radius 1 is 0.929 bits per heavy atom. The molecule has 0 amide bonds. The van der Waals surface area contributed by atoms with Crippen LogP contribution in [0.4, 0.5) is 19.0 Å². The van der Waals surface area contributed by atoms with E-state index < -0.39 is 11.7 Å². The molecule has 0 atom stereocenters. The highest BCUT2D eigenvalue weighted by Gasteiger charge is 2.32. The van der Waals surface area contributed by atoms with E-state index in [-0.39, 0.29) is 0 Å². The lowest BCUT2D eigenvalue weighted by molar-refractivity contribution is -0.137. The van der Waals surface area contributed by atoms with Gasteiger partial charge < -0.3 is 10.2 Å². The summed E-state index contributed by atoms with van der Waals surface area (Å²) in [5, 5.41) is 3.26. The molecule has 1 aromatic carbocycles. The average Bonchev–Trinajstić information content (AvgIpc) is 2.76. The standard InChI is InChI=1S/C16H15F3N2S.C4H9NS/c17-16(18,19)13-10-14(12-4-2-1-3-5-12)15(20-11-13)21-6-8-22-9-7-21;1-3-6-4-2-5-1/h1-5,10-11H,6-9H2;5H,1-4H2. The van der Waals surface area contributed by atoms with Crippen LogP contribution in [-0.4, -0.2) is 54.2 Å². The van der Waals surface area contributed by atoms with Crippen LogP contribution in [0.5, 0.6) is 0 Å². The highest BCUT2D eigenvalue weighted by atomic mass is 32.2. The monoisotopic (exact) mass is 427 g/mol. The predicted octanol–water partition coefficient (Wildman–Crippen LogP) is 4.64. The molecule has 2 aromatic rings.